The molecule has 0 atom stereocenters. The van der Waals surface area contributed by atoms with E-state index < -0.39 is 5.97 Å². The van der Waals surface area contributed by atoms with Crippen LogP contribution in [0.4, 0.5) is 0 Å². The minimum absolute atomic E-state index is 0.0728. The van der Waals surface area contributed by atoms with E-state index in [-0.39, 0.29) is 11.8 Å². The highest BCUT2D eigenvalue weighted by Crippen LogP contribution is 2.26. The van der Waals surface area contributed by atoms with Crippen LogP contribution in [-0.4, -0.2) is 22.6 Å². The van der Waals surface area contributed by atoms with E-state index in [2.05, 4.69) is 29.5 Å². The number of carboxylic acids is 1. The Morgan fingerprint density at radius 1 is 1.50 bits per heavy atom. The van der Waals surface area contributed by atoms with Gasteiger partial charge in [-0.05, 0) is 31.7 Å². The second-order valence-electron chi connectivity index (χ2n) is 5.34. The van der Waals surface area contributed by atoms with Gasteiger partial charge in [-0.25, -0.2) is 4.98 Å². The Morgan fingerprint density at radius 3 is 2.78 bits per heavy atom. The average Bonchev–Trinajstić information content (AvgIpc) is 2.68. The predicted octanol–water partition coefficient (Wildman–Crippen LogP) is 2.82. The number of nitrogens with zero attached hydrogens (tertiary/aromatic N) is 1. The first-order chi connectivity index (χ1) is 8.39. The fourth-order valence-corrected chi connectivity index (χ4v) is 2.32. The van der Waals surface area contributed by atoms with Crippen molar-refractivity contribution in [2.45, 2.75) is 46.6 Å². The number of hydrogen-bond donors (Lipinski definition) is 2. The Bertz CT molecular complexity index is 388. The smallest absolute Gasteiger partial charge is 0.303 e. The normalized spacial score (nSPS) is 11.7. The van der Waals surface area contributed by atoms with Crippen LogP contribution in [0.2, 0.25) is 0 Å². The number of rotatable bonds is 8. The summed E-state index contributed by atoms with van der Waals surface area (Å²) in [6.07, 6.45) is 1.95. The molecule has 0 bridgehead atoms. The molecule has 1 aromatic rings. The zero-order chi connectivity index (χ0) is 13.6. The van der Waals surface area contributed by atoms with Gasteiger partial charge in [-0.1, -0.05) is 13.8 Å². The minimum Gasteiger partial charge on any atom is -0.481 e. The molecule has 0 aliphatic heterocycles. The van der Waals surface area contributed by atoms with Crippen LogP contribution in [0.1, 0.15) is 43.8 Å². The van der Waals surface area contributed by atoms with E-state index in [9.17, 15) is 4.79 Å². The number of carbonyl (C=O) groups is 1. The SMILES string of the molecule is Cc1nc(CNCCC(C)(C)CCC(=O)O)cs1. The van der Waals surface area contributed by atoms with Crippen molar-refractivity contribution in [1.82, 2.24) is 10.3 Å². The lowest BCUT2D eigenvalue weighted by molar-refractivity contribution is -0.137. The van der Waals surface area contributed by atoms with Crippen molar-refractivity contribution in [3.05, 3.63) is 16.1 Å². The van der Waals surface area contributed by atoms with Crippen LogP contribution in [-0.2, 0) is 11.3 Å². The molecule has 18 heavy (non-hydrogen) atoms. The van der Waals surface area contributed by atoms with E-state index in [4.69, 9.17) is 5.11 Å². The third-order valence-electron chi connectivity index (χ3n) is 2.97. The Hall–Kier alpha value is -0.940. The molecule has 1 rings (SSSR count). The van der Waals surface area contributed by atoms with Gasteiger partial charge in [0.2, 0.25) is 0 Å². The quantitative estimate of drug-likeness (QED) is 0.713. The highest BCUT2D eigenvalue weighted by atomic mass is 32.1. The first kappa shape index (κ1) is 15.1. The van der Waals surface area contributed by atoms with Crippen LogP contribution in [0.25, 0.3) is 0 Å². The molecule has 0 aromatic carbocycles. The van der Waals surface area contributed by atoms with Crippen molar-refractivity contribution in [2.75, 3.05) is 6.54 Å². The first-order valence-electron chi connectivity index (χ1n) is 6.22. The molecule has 0 aliphatic rings. The molecule has 5 heteroatoms. The van der Waals surface area contributed by atoms with E-state index in [1.807, 2.05) is 6.92 Å². The molecule has 102 valence electrons. The summed E-state index contributed by atoms with van der Waals surface area (Å²) in [4.78, 5) is 14.9. The Labute approximate surface area is 112 Å². The lowest BCUT2D eigenvalue weighted by Gasteiger charge is -2.23. The zero-order valence-corrected chi connectivity index (χ0v) is 12.1. The average molecular weight is 270 g/mol. The Morgan fingerprint density at radius 2 is 2.22 bits per heavy atom. The van der Waals surface area contributed by atoms with Crippen molar-refractivity contribution in [2.24, 2.45) is 5.41 Å². The van der Waals surface area contributed by atoms with E-state index in [0.29, 0.717) is 0 Å². The third kappa shape index (κ3) is 6.12. The monoisotopic (exact) mass is 270 g/mol. The Balaban J connectivity index is 2.18. The van der Waals surface area contributed by atoms with Gasteiger partial charge in [0, 0.05) is 18.3 Å². The van der Waals surface area contributed by atoms with Gasteiger partial charge in [0.1, 0.15) is 0 Å². The Kier molecular flexibility index (Phi) is 5.75. The van der Waals surface area contributed by atoms with Gasteiger partial charge in [-0.15, -0.1) is 11.3 Å². The summed E-state index contributed by atoms with van der Waals surface area (Å²) in [5, 5.41) is 15.2. The first-order valence-corrected chi connectivity index (χ1v) is 7.10. The van der Waals surface area contributed by atoms with Crippen LogP contribution in [0.3, 0.4) is 0 Å². The van der Waals surface area contributed by atoms with Crippen LogP contribution in [0.15, 0.2) is 5.38 Å². The van der Waals surface area contributed by atoms with Crippen molar-refractivity contribution in [3.63, 3.8) is 0 Å². The lowest BCUT2D eigenvalue weighted by atomic mass is 9.84. The highest BCUT2D eigenvalue weighted by molar-refractivity contribution is 7.09. The number of aryl methyl sites for hydroxylation is 1. The van der Waals surface area contributed by atoms with Gasteiger partial charge < -0.3 is 10.4 Å². The number of carboxylic acid groups (broad SMARTS) is 1. The maximum atomic E-state index is 10.5. The van der Waals surface area contributed by atoms with Gasteiger partial charge in [-0.2, -0.15) is 0 Å². The van der Waals surface area contributed by atoms with Crippen LogP contribution >= 0.6 is 11.3 Å². The standard InChI is InChI=1S/C13H22N2O2S/c1-10-15-11(9-18-10)8-14-7-6-13(2,3)5-4-12(16)17/h9,14H,4-8H2,1-3H3,(H,16,17). The summed E-state index contributed by atoms with van der Waals surface area (Å²) < 4.78 is 0. The van der Waals surface area contributed by atoms with E-state index in [1.54, 1.807) is 11.3 Å². The van der Waals surface area contributed by atoms with Crippen LogP contribution in [0.5, 0.6) is 0 Å². The molecule has 0 spiro atoms. The molecule has 0 amide bonds. The molecule has 0 aliphatic carbocycles. The van der Waals surface area contributed by atoms with E-state index >= 15 is 0 Å². The van der Waals surface area contributed by atoms with Crippen molar-refractivity contribution in [3.8, 4) is 0 Å². The van der Waals surface area contributed by atoms with Gasteiger partial charge in [0.25, 0.3) is 0 Å². The molecule has 0 fully saturated rings. The van der Waals surface area contributed by atoms with E-state index in [0.717, 1.165) is 36.6 Å². The molecule has 0 saturated carbocycles. The number of hydrogen-bond acceptors (Lipinski definition) is 4. The second-order valence-corrected chi connectivity index (χ2v) is 6.40. The molecular formula is C13H22N2O2S. The summed E-state index contributed by atoms with van der Waals surface area (Å²) in [6.45, 7) is 7.92. The fourth-order valence-electron chi connectivity index (χ4n) is 1.70. The summed E-state index contributed by atoms with van der Waals surface area (Å²) in [5.74, 6) is -0.714. The van der Waals surface area contributed by atoms with Gasteiger partial charge in [0.15, 0.2) is 0 Å². The zero-order valence-electron chi connectivity index (χ0n) is 11.3. The van der Waals surface area contributed by atoms with Crippen molar-refractivity contribution >= 4 is 17.3 Å². The predicted molar refractivity (Wildman–Crippen MR) is 73.8 cm³/mol. The second kappa shape index (κ2) is 6.85. The number of nitrogens with one attached hydrogen (secondary N) is 1. The fraction of sp³-hybridized carbons (Fsp3) is 0.692. The molecule has 0 radical (unpaired) electrons. The van der Waals surface area contributed by atoms with Crippen molar-refractivity contribution in [1.29, 1.82) is 0 Å². The summed E-state index contributed by atoms with van der Waals surface area (Å²) >= 11 is 1.66. The van der Waals surface area contributed by atoms with Crippen LogP contribution < -0.4 is 5.32 Å². The number of aromatic nitrogens is 1. The molecular weight excluding hydrogens is 248 g/mol. The molecule has 4 nitrogen and oxygen atoms in total. The number of aliphatic carboxylic acids is 1. The molecule has 1 heterocycles. The molecule has 2 N–H and O–H groups in total. The highest BCUT2D eigenvalue weighted by Gasteiger charge is 2.18. The molecule has 0 unspecified atom stereocenters. The topological polar surface area (TPSA) is 62.2 Å². The van der Waals surface area contributed by atoms with Crippen molar-refractivity contribution < 1.29 is 9.90 Å². The summed E-state index contributed by atoms with van der Waals surface area (Å²) in [7, 11) is 0. The third-order valence-corrected chi connectivity index (χ3v) is 3.79. The lowest BCUT2D eigenvalue weighted by Crippen LogP contribution is -2.23. The van der Waals surface area contributed by atoms with Gasteiger partial charge in [-0.3, -0.25) is 4.79 Å². The maximum Gasteiger partial charge on any atom is 0.303 e. The minimum atomic E-state index is -0.714. The van der Waals surface area contributed by atoms with Gasteiger partial charge >= 0.3 is 5.97 Å². The summed E-state index contributed by atoms with van der Waals surface area (Å²) in [5.41, 5.74) is 1.16. The molecule has 1 aromatic heterocycles. The van der Waals surface area contributed by atoms with Gasteiger partial charge in [0.05, 0.1) is 10.7 Å². The largest absolute Gasteiger partial charge is 0.481 e. The number of thiazole rings is 1. The maximum absolute atomic E-state index is 10.5. The van der Waals surface area contributed by atoms with E-state index in [1.165, 1.54) is 0 Å². The summed E-state index contributed by atoms with van der Waals surface area (Å²) in [6, 6.07) is 0. The van der Waals surface area contributed by atoms with Crippen LogP contribution in [0, 0.1) is 12.3 Å². The molecule has 0 saturated heterocycles.